The molecule has 3 aromatic rings. The van der Waals surface area contributed by atoms with Crippen LogP contribution in [0, 0.1) is 5.82 Å². The Kier molecular flexibility index (Phi) is 4.15. The number of para-hydroxylation sites is 1. The van der Waals surface area contributed by atoms with E-state index in [1.54, 1.807) is 18.3 Å². The molecule has 0 atom stereocenters. The number of halogens is 2. The van der Waals surface area contributed by atoms with Gasteiger partial charge >= 0.3 is 0 Å². The first kappa shape index (κ1) is 14.7. The largest absolute Gasteiger partial charge is 0.324 e. The van der Waals surface area contributed by atoms with Crippen molar-refractivity contribution < 1.29 is 9.18 Å². The number of aromatic nitrogens is 1. The van der Waals surface area contributed by atoms with Crippen LogP contribution < -0.4 is 5.32 Å². The van der Waals surface area contributed by atoms with E-state index in [-0.39, 0.29) is 18.1 Å². The highest BCUT2D eigenvalue weighted by Gasteiger charge is 2.07. The normalized spacial score (nSPS) is 10.6. The summed E-state index contributed by atoms with van der Waals surface area (Å²) in [5.74, 6) is -0.515. The molecule has 1 amide bonds. The topological polar surface area (TPSA) is 42.0 Å². The van der Waals surface area contributed by atoms with Gasteiger partial charge in [0.05, 0.1) is 28.3 Å². The number of pyridine rings is 1. The van der Waals surface area contributed by atoms with Crippen molar-refractivity contribution in [1.29, 1.82) is 0 Å². The lowest BCUT2D eigenvalue weighted by Gasteiger charge is -2.07. The molecule has 0 bridgehead atoms. The fourth-order valence-electron chi connectivity index (χ4n) is 2.18. The number of rotatable bonds is 3. The first-order valence-corrected chi connectivity index (χ1v) is 7.50. The fourth-order valence-corrected chi connectivity index (χ4v) is 2.61. The van der Waals surface area contributed by atoms with Crippen molar-refractivity contribution >= 4 is 38.4 Å². The van der Waals surface area contributed by atoms with Gasteiger partial charge in [-0.3, -0.25) is 9.78 Å². The van der Waals surface area contributed by atoms with Gasteiger partial charge in [-0.2, -0.15) is 0 Å². The SMILES string of the molecule is O=C(Cc1ccc(F)c(Br)c1)Nc1cnc2ccccc2c1. The van der Waals surface area contributed by atoms with E-state index in [4.69, 9.17) is 0 Å². The molecule has 0 aliphatic carbocycles. The van der Waals surface area contributed by atoms with Crippen molar-refractivity contribution in [2.24, 2.45) is 0 Å². The van der Waals surface area contributed by atoms with Gasteiger partial charge in [0.1, 0.15) is 5.82 Å². The Morgan fingerprint density at radius 2 is 2.00 bits per heavy atom. The van der Waals surface area contributed by atoms with Gasteiger partial charge in [0.2, 0.25) is 5.91 Å². The minimum absolute atomic E-state index is 0.171. The van der Waals surface area contributed by atoms with Crippen LogP contribution >= 0.6 is 15.9 Å². The molecule has 0 spiro atoms. The quantitative estimate of drug-likeness (QED) is 0.757. The lowest BCUT2D eigenvalue weighted by Crippen LogP contribution is -2.14. The summed E-state index contributed by atoms with van der Waals surface area (Å²) < 4.78 is 13.5. The van der Waals surface area contributed by atoms with Crippen LogP contribution in [0.15, 0.2) is 59.2 Å². The standard InChI is InChI=1S/C17H12BrFN2O/c18-14-7-11(5-6-15(14)19)8-17(22)21-13-9-12-3-1-2-4-16(12)20-10-13/h1-7,9-10H,8H2,(H,21,22). The zero-order chi connectivity index (χ0) is 15.5. The Morgan fingerprint density at radius 1 is 1.18 bits per heavy atom. The lowest BCUT2D eigenvalue weighted by molar-refractivity contribution is -0.115. The molecule has 22 heavy (non-hydrogen) atoms. The summed E-state index contributed by atoms with van der Waals surface area (Å²) in [7, 11) is 0. The Hall–Kier alpha value is -2.27. The zero-order valence-corrected chi connectivity index (χ0v) is 13.1. The summed E-state index contributed by atoms with van der Waals surface area (Å²) in [5.41, 5.74) is 2.26. The first-order chi connectivity index (χ1) is 10.6. The number of anilines is 1. The molecular formula is C17H12BrFN2O. The molecule has 0 fully saturated rings. The molecule has 0 radical (unpaired) electrons. The smallest absolute Gasteiger partial charge is 0.228 e. The van der Waals surface area contributed by atoms with Gasteiger partial charge in [-0.05, 0) is 45.8 Å². The van der Waals surface area contributed by atoms with Crippen LogP contribution in [0.3, 0.4) is 0 Å². The number of amides is 1. The van der Waals surface area contributed by atoms with E-state index in [9.17, 15) is 9.18 Å². The molecule has 2 aromatic carbocycles. The van der Waals surface area contributed by atoms with Crippen LogP contribution in [0.1, 0.15) is 5.56 Å². The number of nitrogens with zero attached hydrogens (tertiary/aromatic N) is 1. The number of carbonyl (C=O) groups excluding carboxylic acids is 1. The predicted molar refractivity (Wildman–Crippen MR) is 88.2 cm³/mol. The van der Waals surface area contributed by atoms with Crippen molar-refractivity contribution in [2.75, 3.05) is 5.32 Å². The molecular weight excluding hydrogens is 347 g/mol. The van der Waals surface area contributed by atoms with Crippen LogP contribution in [0.2, 0.25) is 0 Å². The van der Waals surface area contributed by atoms with Crippen LogP contribution in [-0.4, -0.2) is 10.9 Å². The summed E-state index contributed by atoms with van der Waals surface area (Å²) in [4.78, 5) is 16.4. The Balaban J connectivity index is 1.73. The summed E-state index contributed by atoms with van der Waals surface area (Å²) in [6.45, 7) is 0. The van der Waals surface area contributed by atoms with E-state index >= 15 is 0 Å². The Labute approximate surface area is 135 Å². The molecule has 0 aliphatic heterocycles. The second-order valence-electron chi connectivity index (χ2n) is 4.89. The highest BCUT2D eigenvalue weighted by atomic mass is 79.9. The van der Waals surface area contributed by atoms with E-state index in [1.165, 1.54) is 6.07 Å². The molecule has 1 aromatic heterocycles. The van der Waals surface area contributed by atoms with Crippen LogP contribution in [0.5, 0.6) is 0 Å². The van der Waals surface area contributed by atoms with Gasteiger partial charge < -0.3 is 5.32 Å². The molecule has 0 saturated heterocycles. The second kappa shape index (κ2) is 6.23. The van der Waals surface area contributed by atoms with Crippen molar-refractivity contribution in [2.45, 2.75) is 6.42 Å². The van der Waals surface area contributed by atoms with Crippen molar-refractivity contribution in [3.8, 4) is 0 Å². The maximum absolute atomic E-state index is 13.2. The number of hydrogen-bond acceptors (Lipinski definition) is 2. The molecule has 0 aliphatic rings. The van der Waals surface area contributed by atoms with E-state index in [0.717, 1.165) is 16.5 Å². The summed E-state index contributed by atoms with van der Waals surface area (Å²) in [6.07, 6.45) is 1.80. The molecule has 0 saturated carbocycles. The van der Waals surface area contributed by atoms with Gasteiger partial charge in [0.15, 0.2) is 0 Å². The Bertz CT molecular complexity index is 851. The van der Waals surface area contributed by atoms with Gasteiger partial charge in [0, 0.05) is 5.39 Å². The molecule has 0 unspecified atom stereocenters. The summed E-state index contributed by atoms with van der Waals surface area (Å²) in [6, 6.07) is 14.1. The van der Waals surface area contributed by atoms with E-state index < -0.39 is 0 Å². The molecule has 1 heterocycles. The third-order valence-electron chi connectivity index (χ3n) is 3.22. The summed E-state index contributed by atoms with van der Waals surface area (Å²) >= 11 is 3.11. The molecule has 5 heteroatoms. The van der Waals surface area contributed by atoms with Gasteiger partial charge in [0.25, 0.3) is 0 Å². The predicted octanol–water partition coefficient (Wildman–Crippen LogP) is 4.32. The number of fused-ring (bicyclic) bond motifs is 1. The average Bonchev–Trinajstić information content (AvgIpc) is 2.51. The van der Waals surface area contributed by atoms with Gasteiger partial charge in [-0.15, -0.1) is 0 Å². The van der Waals surface area contributed by atoms with Crippen molar-refractivity contribution in [3.05, 3.63) is 70.6 Å². The Morgan fingerprint density at radius 3 is 2.82 bits per heavy atom. The van der Waals surface area contributed by atoms with Crippen LogP contribution in [0.25, 0.3) is 10.9 Å². The highest BCUT2D eigenvalue weighted by Crippen LogP contribution is 2.19. The maximum atomic E-state index is 13.2. The third-order valence-corrected chi connectivity index (χ3v) is 3.83. The third kappa shape index (κ3) is 3.31. The molecule has 3 nitrogen and oxygen atoms in total. The van der Waals surface area contributed by atoms with Crippen LogP contribution in [0.4, 0.5) is 10.1 Å². The monoisotopic (exact) mass is 358 g/mol. The number of nitrogens with one attached hydrogen (secondary N) is 1. The maximum Gasteiger partial charge on any atom is 0.228 e. The fraction of sp³-hybridized carbons (Fsp3) is 0.0588. The van der Waals surface area contributed by atoms with Crippen LogP contribution in [-0.2, 0) is 11.2 Å². The van der Waals surface area contributed by atoms with Gasteiger partial charge in [-0.1, -0.05) is 24.3 Å². The number of benzene rings is 2. The average molecular weight is 359 g/mol. The summed E-state index contributed by atoms with van der Waals surface area (Å²) in [5, 5.41) is 3.77. The highest BCUT2D eigenvalue weighted by molar-refractivity contribution is 9.10. The van der Waals surface area contributed by atoms with E-state index in [2.05, 4.69) is 26.2 Å². The molecule has 3 rings (SSSR count). The van der Waals surface area contributed by atoms with E-state index in [0.29, 0.717) is 10.2 Å². The first-order valence-electron chi connectivity index (χ1n) is 6.70. The van der Waals surface area contributed by atoms with Gasteiger partial charge in [-0.25, -0.2) is 4.39 Å². The van der Waals surface area contributed by atoms with E-state index in [1.807, 2.05) is 30.3 Å². The van der Waals surface area contributed by atoms with Crippen molar-refractivity contribution in [1.82, 2.24) is 4.98 Å². The molecule has 1 N–H and O–H groups in total. The minimum Gasteiger partial charge on any atom is -0.324 e. The van der Waals surface area contributed by atoms with Crippen molar-refractivity contribution in [3.63, 3.8) is 0 Å². The lowest BCUT2D eigenvalue weighted by atomic mass is 10.1. The molecule has 110 valence electrons. The zero-order valence-electron chi connectivity index (χ0n) is 11.5. The second-order valence-corrected chi connectivity index (χ2v) is 5.74. The number of hydrogen-bond donors (Lipinski definition) is 1. The number of carbonyl (C=O) groups is 1. The minimum atomic E-state index is -0.345.